The first-order valence-corrected chi connectivity index (χ1v) is 7.65. The summed E-state index contributed by atoms with van der Waals surface area (Å²) in [6.45, 7) is 4.97. The van der Waals surface area contributed by atoms with Crippen LogP contribution in [-0.2, 0) is 11.3 Å². The van der Waals surface area contributed by atoms with Crippen LogP contribution in [0.3, 0.4) is 0 Å². The standard InChI is InChI=1S/C15H17NO4S/c1-10-11(7-14(21-10)15(17)18)8-16-4-6-20-13(9-16)12-3-2-5-19-12/h2-3,5,7,13H,4,6,8-9H2,1H3,(H,17,18). The van der Waals surface area contributed by atoms with Crippen LogP contribution >= 0.6 is 11.3 Å². The van der Waals surface area contributed by atoms with Gasteiger partial charge in [0.15, 0.2) is 0 Å². The quantitative estimate of drug-likeness (QED) is 0.941. The Morgan fingerprint density at radius 1 is 1.57 bits per heavy atom. The fourth-order valence-electron chi connectivity index (χ4n) is 2.52. The summed E-state index contributed by atoms with van der Waals surface area (Å²) in [5, 5.41) is 9.06. The molecule has 21 heavy (non-hydrogen) atoms. The van der Waals surface area contributed by atoms with Crippen LogP contribution in [0.4, 0.5) is 0 Å². The Labute approximate surface area is 126 Å². The number of hydrogen-bond acceptors (Lipinski definition) is 5. The topological polar surface area (TPSA) is 62.9 Å². The van der Waals surface area contributed by atoms with E-state index in [1.165, 1.54) is 11.3 Å². The normalized spacial score (nSPS) is 19.8. The van der Waals surface area contributed by atoms with Crippen molar-refractivity contribution in [1.29, 1.82) is 0 Å². The third kappa shape index (κ3) is 3.18. The first kappa shape index (κ1) is 14.3. The van der Waals surface area contributed by atoms with Gasteiger partial charge >= 0.3 is 5.97 Å². The largest absolute Gasteiger partial charge is 0.477 e. The van der Waals surface area contributed by atoms with E-state index in [-0.39, 0.29) is 6.10 Å². The van der Waals surface area contributed by atoms with Gasteiger partial charge in [-0.15, -0.1) is 11.3 Å². The summed E-state index contributed by atoms with van der Waals surface area (Å²) in [5.41, 5.74) is 1.08. The summed E-state index contributed by atoms with van der Waals surface area (Å²) in [7, 11) is 0. The van der Waals surface area contributed by atoms with E-state index in [4.69, 9.17) is 14.3 Å². The highest BCUT2D eigenvalue weighted by molar-refractivity contribution is 7.14. The van der Waals surface area contributed by atoms with E-state index >= 15 is 0 Å². The van der Waals surface area contributed by atoms with E-state index < -0.39 is 5.97 Å². The molecule has 1 atom stereocenters. The molecule has 0 amide bonds. The van der Waals surface area contributed by atoms with E-state index in [1.54, 1.807) is 12.3 Å². The summed E-state index contributed by atoms with van der Waals surface area (Å²) >= 11 is 1.33. The second-order valence-electron chi connectivity index (χ2n) is 5.11. The van der Waals surface area contributed by atoms with Crippen LogP contribution in [0.5, 0.6) is 0 Å². The number of aryl methyl sites for hydroxylation is 1. The van der Waals surface area contributed by atoms with E-state index in [0.29, 0.717) is 11.5 Å². The average molecular weight is 307 g/mol. The lowest BCUT2D eigenvalue weighted by atomic mass is 10.2. The van der Waals surface area contributed by atoms with Crippen molar-refractivity contribution in [2.45, 2.75) is 19.6 Å². The van der Waals surface area contributed by atoms with Gasteiger partial charge in [0.1, 0.15) is 16.7 Å². The molecule has 0 radical (unpaired) electrons. The maximum absolute atomic E-state index is 11.0. The Morgan fingerprint density at radius 3 is 3.10 bits per heavy atom. The highest BCUT2D eigenvalue weighted by atomic mass is 32.1. The van der Waals surface area contributed by atoms with Gasteiger partial charge in [-0.2, -0.15) is 0 Å². The second-order valence-corrected chi connectivity index (χ2v) is 6.36. The van der Waals surface area contributed by atoms with Gasteiger partial charge in [0.25, 0.3) is 0 Å². The highest BCUT2D eigenvalue weighted by Gasteiger charge is 2.24. The van der Waals surface area contributed by atoms with Gasteiger partial charge < -0.3 is 14.3 Å². The maximum atomic E-state index is 11.0. The number of nitrogens with zero attached hydrogens (tertiary/aromatic N) is 1. The lowest BCUT2D eigenvalue weighted by Crippen LogP contribution is -2.37. The molecule has 2 aromatic rings. The number of aromatic carboxylic acids is 1. The Hall–Kier alpha value is -1.63. The molecule has 1 unspecified atom stereocenters. The Kier molecular flexibility index (Phi) is 4.10. The third-order valence-electron chi connectivity index (χ3n) is 3.64. The molecule has 3 rings (SSSR count). The summed E-state index contributed by atoms with van der Waals surface area (Å²) in [4.78, 5) is 14.8. The van der Waals surface area contributed by atoms with Crippen molar-refractivity contribution < 1.29 is 19.1 Å². The van der Waals surface area contributed by atoms with Crippen LogP contribution in [0, 0.1) is 6.92 Å². The van der Waals surface area contributed by atoms with Gasteiger partial charge in [-0.05, 0) is 30.7 Å². The number of carboxylic acids is 1. The molecule has 1 aliphatic rings. The minimum atomic E-state index is -0.857. The van der Waals surface area contributed by atoms with Crippen molar-refractivity contribution >= 4 is 17.3 Å². The fraction of sp³-hybridized carbons (Fsp3) is 0.400. The van der Waals surface area contributed by atoms with Crippen molar-refractivity contribution in [3.63, 3.8) is 0 Å². The maximum Gasteiger partial charge on any atom is 0.345 e. The van der Waals surface area contributed by atoms with E-state index in [9.17, 15) is 4.79 Å². The molecular weight excluding hydrogens is 290 g/mol. The van der Waals surface area contributed by atoms with Crippen LogP contribution in [0.1, 0.15) is 32.0 Å². The van der Waals surface area contributed by atoms with Gasteiger partial charge in [0.2, 0.25) is 0 Å². The Balaban J connectivity index is 1.68. The molecule has 3 heterocycles. The van der Waals surface area contributed by atoms with E-state index in [2.05, 4.69) is 4.90 Å². The second kappa shape index (κ2) is 6.01. The molecule has 5 nitrogen and oxygen atoms in total. The van der Waals surface area contributed by atoms with Crippen LogP contribution in [-0.4, -0.2) is 35.7 Å². The minimum absolute atomic E-state index is 0.0494. The van der Waals surface area contributed by atoms with Crippen molar-refractivity contribution in [3.05, 3.63) is 45.5 Å². The van der Waals surface area contributed by atoms with Crippen molar-refractivity contribution in [1.82, 2.24) is 4.90 Å². The van der Waals surface area contributed by atoms with Gasteiger partial charge in [-0.3, -0.25) is 4.90 Å². The molecule has 0 spiro atoms. The van der Waals surface area contributed by atoms with Crippen molar-refractivity contribution in [3.8, 4) is 0 Å². The molecule has 1 aliphatic heterocycles. The summed E-state index contributed by atoms with van der Waals surface area (Å²) in [6, 6.07) is 5.56. The van der Waals surface area contributed by atoms with Gasteiger partial charge in [0, 0.05) is 24.5 Å². The molecule has 6 heteroatoms. The molecule has 0 bridgehead atoms. The van der Waals surface area contributed by atoms with Gasteiger partial charge in [-0.1, -0.05) is 0 Å². The smallest absolute Gasteiger partial charge is 0.345 e. The molecule has 1 N–H and O–H groups in total. The zero-order chi connectivity index (χ0) is 14.8. The van der Waals surface area contributed by atoms with Gasteiger partial charge in [-0.25, -0.2) is 4.79 Å². The number of carboxylic acid groups (broad SMARTS) is 1. The number of carbonyl (C=O) groups is 1. The first-order valence-electron chi connectivity index (χ1n) is 6.83. The van der Waals surface area contributed by atoms with E-state index in [1.807, 2.05) is 19.1 Å². The molecular formula is C15H17NO4S. The van der Waals surface area contributed by atoms with E-state index in [0.717, 1.165) is 35.8 Å². The molecule has 1 fully saturated rings. The Bertz CT molecular complexity index is 620. The van der Waals surface area contributed by atoms with Crippen LogP contribution in [0.25, 0.3) is 0 Å². The first-order chi connectivity index (χ1) is 10.1. The zero-order valence-corrected chi connectivity index (χ0v) is 12.6. The summed E-state index contributed by atoms with van der Waals surface area (Å²) in [5.74, 6) is -0.0160. The molecule has 112 valence electrons. The third-order valence-corrected chi connectivity index (χ3v) is 4.72. The average Bonchev–Trinajstić information content (AvgIpc) is 3.10. The molecule has 0 aromatic carbocycles. The number of thiophene rings is 1. The lowest BCUT2D eigenvalue weighted by Gasteiger charge is -2.31. The van der Waals surface area contributed by atoms with Crippen molar-refractivity contribution in [2.75, 3.05) is 19.7 Å². The SMILES string of the molecule is Cc1sc(C(=O)O)cc1CN1CCOC(c2ccco2)C1. The van der Waals surface area contributed by atoms with Crippen molar-refractivity contribution in [2.24, 2.45) is 0 Å². The van der Waals surface area contributed by atoms with Gasteiger partial charge in [0.05, 0.1) is 12.9 Å². The number of ether oxygens (including phenoxy) is 1. The molecule has 1 saturated heterocycles. The molecule has 2 aromatic heterocycles. The Morgan fingerprint density at radius 2 is 2.43 bits per heavy atom. The summed E-state index contributed by atoms with van der Waals surface area (Å²) in [6.07, 6.45) is 1.60. The van der Waals surface area contributed by atoms with Crippen LogP contribution in [0.15, 0.2) is 28.9 Å². The lowest BCUT2D eigenvalue weighted by molar-refractivity contribution is -0.0428. The van der Waals surface area contributed by atoms with Crippen LogP contribution < -0.4 is 0 Å². The summed E-state index contributed by atoms with van der Waals surface area (Å²) < 4.78 is 11.1. The zero-order valence-electron chi connectivity index (χ0n) is 11.7. The predicted molar refractivity (Wildman–Crippen MR) is 78.7 cm³/mol. The highest BCUT2D eigenvalue weighted by Crippen LogP contribution is 2.27. The molecule has 0 saturated carbocycles. The number of furan rings is 1. The fourth-order valence-corrected chi connectivity index (χ4v) is 3.39. The number of morpholine rings is 1. The minimum Gasteiger partial charge on any atom is -0.477 e. The van der Waals surface area contributed by atoms with Crippen LogP contribution in [0.2, 0.25) is 0 Å². The number of hydrogen-bond donors (Lipinski definition) is 1. The monoisotopic (exact) mass is 307 g/mol. The number of rotatable bonds is 4. The molecule has 0 aliphatic carbocycles. The predicted octanol–water partition coefficient (Wildman–Crippen LogP) is 2.92.